The first-order valence-electron chi connectivity index (χ1n) is 6.47. The minimum Gasteiger partial charge on any atom is -0.489 e. The van der Waals surface area contributed by atoms with Crippen molar-refractivity contribution in [1.82, 2.24) is 9.78 Å². The highest BCUT2D eigenvalue weighted by molar-refractivity contribution is 5.93. The van der Waals surface area contributed by atoms with Crippen molar-refractivity contribution in [3.05, 3.63) is 42.2 Å². The van der Waals surface area contributed by atoms with E-state index in [1.54, 1.807) is 18.3 Å². The largest absolute Gasteiger partial charge is 0.489 e. The number of benzene rings is 1. The fourth-order valence-corrected chi connectivity index (χ4v) is 2.36. The van der Waals surface area contributed by atoms with Gasteiger partial charge in [0.2, 0.25) is 0 Å². The fourth-order valence-electron chi connectivity index (χ4n) is 2.36. The normalized spacial score (nSPS) is 13.7. The van der Waals surface area contributed by atoms with Gasteiger partial charge in [0, 0.05) is 18.9 Å². The van der Waals surface area contributed by atoms with Crippen LogP contribution in [0.5, 0.6) is 5.75 Å². The van der Waals surface area contributed by atoms with E-state index in [2.05, 4.69) is 10.00 Å². The van der Waals surface area contributed by atoms with E-state index in [0.717, 1.165) is 25.3 Å². The van der Waals surface area contributed by atoms with Gasteiger partial charge in [-0.15, -0.1) is 0 Å². The molecule has 0 unspecified atom stereocenters. The number of nitrogens with zero attached hydrogens (tertiary/aromatic N) is 3. The highest BCUT2D eigenvalue weighted by atomic mass is 16.5. The Labute approximate surface area is 116 Å². The van der Waals surface area contributed by atoms with E-state index in [0.29, 0.717) is 12.4 Å². The third-order valence-corrected chi connectivity index (χ3v) is 3.33. The molecule has 0 bridgehead atoms. The summed E-state index contributed by atoms with van der Waals surface area (Å²) >= 11 is 0. The van der Waals surface area contributed by atoms with Gasteiger partial charge in [-0.05, 0) is 18.2 Å². The van der Waals surface area contributed by atoms with Crippen LogP contribution in [0.25, 0.3) is 0 Å². The van der Waals surface area contributed by atoms with Crippen LogP contribution < -0.4 is 9.64 Å². The number of aromatic carboxylic acids is 1. The second kappa shape index (κ2) is 5.24. The Kier molecular flexibility index (Phi) is 3.28. The van der Waals surface area contributed by atoms with E-state index in [9.17, 15) is 9.90 Å². The lowest BCUT2D eigenvalue weighted by atomic mass is 10.1. The van der Waals surface area contributed by atoms with Crippen LogP contribution in [0.4, 0.5) is 5.69 Å². The molecule has 0 fully saturated rings. The van der Waals surface area contributed by atoms with E-state index >= 15 is 0 Å². The zero-order valence-electron chi connectivity index (χ0n) is 10.9. The lowest BCUT2D eigenvalue weighted by molar-refractivity contribution is 0.0692. The molecule has 0 atom stereocenters. The van der Waals surface area contributed by atoms with Crippen LogP contribution in [0.1, 0.15) is 10.4 Å². The van der Waals surface area contributed by atoms with Gasteiger partial charge in [-0.2, -0.15) is 5.10 Å². The quantitative estimate of drug-likeness (QED) is 0.914. The summed E-state index contributed by atoms with van der Waals surface area (Å²) < 4.78 is 7.40. The summed E-state index contributed by atoms with van der Waals surface area (Å²) in [5.41, 5.74) is 1.05. The van der Waals surface area contributed by atoms with Gasteiger partial charge in [0.25, 0.3) is 0 Å². The molecule has 0 amide bonds. The molecule has 1 aromatic carbocycles. The van der Waals surface area contributed by atoms with Crippen LogP contribution >= 0.6 is 0 Å². The Morgan fingerprint density at radius 1 is 1.35 bits per heavy atom. The molecular weight excluding hydrogens is 258 g/mol. The molecule has 0 aliphatic carbocycles. The lowest BCUT2D eigenvalue weighted by Crippen LogP contribution is -2.35. The second-order valence-corrected chi connectivity index (χ2v) is 4.56. The smallest absolute Gasteiger partial charge is 0.339 e. The number of rotatable bonds is 4. The molecule has 1 aliphatic heterocycles. The van der Waals surface area contributed by atoms with E-state index in [1.165, 1.54) is 0 Å². The molecule has 1 aliphatic rings. The molecule has 1 aromatic heterocycles. The number of aromatic nitrogens is 2. The zero-order chi connectivity index (χ0) is 13.9. The summed E-state index contributed by atoms with van der Waals surface area (Å²) in [5, 5.41) is 13.4. The number of hydrogen-bond acceptors (Lipinski definition) is 4. The topological polar surface area (TPSA) is 67.6 Å². The van der Waals surface area contributed by atoms with Crippen molar-refractivity contribution >= 4 is 11.7 Å². The Morgan fingerprint density at radius 2 is 2.25 bits per heavy atom. The van der Waals surface area contributed by atoms with Crippen molar-refractivity contribution in [2.75, 3.05) is 24.6 Å². The Morgan fingerprint density at radius 3 is 3.00 bits per heavy atom. The standard InChI is InChI=1S/C14H15N3O3/c18-14(19)11-3-1-4-12-13(11)20-10-9-16(12)7-8-17-6-2-5-15-17/h1-6H,7-10H2,(H,18,19). The molecular formula is C14H15N3O3. The van der Waals surface area contributed by atoms with Crippen molar-refractivity contribution in [3.8, 4) is 5.75 Å². The first kappa shape index (κ1) is 12.5. The maximum absolute atomic E-state index is 11.2. The van der Waals surface area contributed by atoms with E-state index in [-0.39, 0.29) is 5.56 Å². The molecule has 0 saturated carbocycles. The number of carboxylic acid groups (broad SMARTS) is 1. The molecule has 6 nitrogen and oxygen atoms in total. The van der Waals surface area contributed by atoms with Crippen LogP contribution in [-0.2, 0) is 6.54 Å². The molecule has 1 N–H and O–H groups in total. The third kappa shape index (κ3) is 2.32. The van der Waals surface area contributed by atoms with Gasteiger partial charge in [-0.3, -0.25) is 4.68 Å². The van der Waals surface area contributed by atoms with Crippen molar-refractivity contribution in [1.29, 1.82) is 0 Å². The maximum atomic E-state index is 11.2. The third-order valence-electron chi connectivity index (χ3n) is 3.33. The number of carbonyl (C=O) groups is 1. The van der Waals surface area contributed by atoms with E-state index in [1.807, 2.05) is 23.0 Å². The molecule has 0 radical (unpaired) electrons. The first-order valence-corrected chi connectivity index (χ1v) is 6.47. The minimum atomic E-state index is -0.962. The van der Waals surface area contributed by atoms with Crippen molar-refractivity contribution in [2.45, 2.75) is 6.54 Å². The molecule has 0 saturated heterocycles. The van der Waals surface area contributed by atoms with Gasteiger partial charge in [-0.1, -0.05) is 6.07 Å². The SMILES string of the molecule is O=C(O)c1cccc2c1OCCN2CCn1cccn1. The van der Waals surface area contributed by atoms with Crippen LogP contribution in [0.3, 0.4) is 0 Å². The van der Waals surface area contributed by atoms with Crippen LogP contribution in [0.2, 0.25) is 0 Å². The minimum absolute atomic E-state index is 0.214. The van der Waals surface area contributed by atoms with E-state index < -0.39 is 5.97 Å². The lowest BCUT2D eigenvalue weighted by Gasteiger charge is -2.31. The van der Waals surface area contributed by atoms with Gasteiger partial charge in [0.05, 0.1) is 18.8 Å². The number of carboxylic acids is 1. The monoisotopic (exact) mass is 273 g/mol. The van der Waals surface area contributed by atoms with Crippen molar-refractivity contribution in [2.24, 2.45) is 0 Å². The van der Waals surface area contributed by atoms with Gasteiger partial charge < -0.3 is 14.7 Å². The summed E-state index contributed by atoms with van der Waals surface area (Å²) in [7, 11) is 0. The zero-order valence-corrected chi connectivity index (χ0v) is 10.9. The molecule has 0 spiro atoms. The summed E-state index contributed by atoms with van der Waals surface area (Å²) in [6, 6.07) is 7.09. The number of anilines is 1. The molecule has 6 heteroatoms. The van der Waals surface area contributed by atoms with E-state index in [4.69, 9.17) is 4.74 Å². The number of hydrogen-bond donors (Lipinski definition) is 1. The Balaban J connectivity index is 1.83. The summed E-state index contributed by atoms with van der Waals surface area (Å²) in [6.45, 7) is 2.76. The predicted octanol–water partition coefficient (Wildman–Crippen LogP) is 1.48. The Hall–Kier alpha value is -2.50. The highest BCUT2D eigenvalue weighted by Gasteiger charge is 2.23. The summed E-state index contributed by atoms with van der Waals surface area (Å²) in [6.07, 6.45) is 3.66. The van der Waals surface area contributed by atoms with Crippen LogP contribution in [-0.4, -0.2) is 40.6 Å². The Bertz CT molecular complexity index is 610. The summed E-state index contributed by atoms with van der Waals surface area (Å²) in [5.74, 6) is -0.498. The number of fused-ring (bicyclic) bond motifs is 1. The molecule has 2 heterocycles. The van der Waals surface area contributed by atoms with Crippen LogP contribution in [0.15, 0.2) is 36.7 Å². The average molecular weight is 273 g/mol. The van der Waals surface area contributed by atoms with Crippen LogP contribution in [0, 0.1) is 0 Å². The van der Waals surface area contributed by atoms with Gasteiger partial charge in [-0.25, -0.2) is 4.79 Å². The second-order valence-electron chi connectivity index (χ2n) is 4.56. The number of para-hydroxylation sites is 1. The highest BCUT2D eigenvalue weighted by Crippen LogP contribution is 2.34. The van der Waals surface area contributed by atoms with Gasteiger partial charge in [0.1, 0.15) is 12.2 Å². The van der Waals surface area contributed by atoms with Crippen molar-refractivity contribution in [3.63, 3.8) is 0 Å². The first-order chi connectivity index (χ1) is 9.75. The molecule has 104 valence electrons. The predicted molar refractivity (Wildman–Crippen MR) is 73.3 cm³/mol. The molecule has 20 heavy (non-hydrogen) atoms. The molecule has 2 aromatic rings. The van der Waals surface area contributed by atoms with Gasteiger partial charge >= 0.3 is 5.97 Å². The fraction of sp³-hybridized carbons (Fsp3) is 0.286. The molecule has 3 rings (SSSR count). The summed E-state index contributed by atoms with van der Waals surface area (Å²) in [4.78, 5) is 13.3. The van der Waals surface area contributed by atoms with Gasteiger partial charge in [0.15, 0.2) is 5.75 Å². The van der Waals surface area contributed by atoms with Crippen molar-refractivity contribution < 1.29 is 14.6 Å². The number of ether oxygens (including phenoxy) is 1. The average Bonchev–Trinajstić information content (AvgIpc) is 2.97. The maximum Gasteiger partial charge on any atom is 0.339 e.